The molecule has 0 fully saturated rings. The Balaban J connectivity index is 1.23. The van der Waals surface area contributed by atoms with Crippen LogP contribution in [0.25, 0.3) is 22.2 Å². The summed E-state index contributed by atoms with van der Waals surface area (Å²) in [5.74, 6) is -0.0622. The standard InChI is InChI=1S/C34H23ClN4O2/c35-25-17-20-30-28(21-25)31(22-9-3-1-4-10-22)39-34(38-30)36-26-18-15-24(16-19-26)33(41)37-29-14-8-7-13-27(29)32(40)23-11-5-2-6-12-23/h1-21H,(H,37,41)(H,36,38,39). The largest absolute Gasteiger partial charge is 0.324 e. The van der Waals surface area contributed by atoms with Crippen molar-refractivity contribution in [2.75, 3.05) is 10.6 Å². The van der Waals surface area contributed by atoms with Crippen LogP contribution in [-0.4, -0.2) is 21.7 Å². The van der Waals surface area contributed by atoms with Crippen molar-refractivity contribution in [1.29, 1.82) is 0 Å². The van der Waals surface area contributed by atoms with Gasteiger partial charge < -0.3 is 10.6 Å². The Morgan fingerprint density at radius 3 is 2.10 bits per heavy atom. The summed E-state index contributed by atoms with van der Waals surface area (Å²) in [7, 11) is 0. The second-order valence-electron chi connectivity index (χ2n) is 9.32. The predicted octanol–water partition coefficient (Wildman–Crippen LogP) is 8.18. The number of benzene rings is 5. The lowest BCUT2D eigenvalue weighted by atomic mass is 10.0. The van der Waals surface area contributed by atoms with E-state index >= 15 is 0 Å². The van der Waals surface area contributed by atoms with E-state index in [1.165, 1.54) is 0 Å². The van der Waals surface area contributed by atoms with E-state index in [9.17, 15) is 9.59 Å². The lowest BCUT2D eigenvalue weighted by Gasteiger charge is -2.12. The van der Waals surface area contributed by atoms with E-state index in [4.69, 9.17) is 16.6 Å². The molecular formula is C34H23ClN4O2. The summed E-state index contributed by atoms with van der Waals surface area (Å²) >= 11 is 6.27. The van der Waals surface area contributed by atoms with Crippen molar-refractivity contribution in [3.05, 3.63) is 149 Å². The molecule has 0 unspecified atom stereocenters. The molecule has 0 aliphatic heterocycles. The smallest absolute Gasteiger partial charge is 0.255 e. The van der Waals surface area contributed by atoms with Gasteiger partial charge in [-0.15, -0.1) is 0 Å². The van der Waals surface area contributed by atoms with Gasteiger partial charge >= 0.3 is 0 Å². The van der Waals surface area contributed by atoms with Crippen LogP contribution in [0.5, 0.6) is 0 Å². The fourth-order valence-corrected chi connectivity index (χ4v) is 4.71. The zero-order valence-corrected chi connectivity index (χ0v) is 22.5. The number of halogens is 1. The van der Waals surface area contributed by atoms with Crippen LogP contribution in [0.2, 0.25) is 5.02 Å². The van der Waals surface area contributed by atoms with Gasteiger partial charge in [0.1, 0.15) is 0 Å². The highest BCUT2D eigenvalue weighted by atomic mass is 35.5. The number of para-hydroxylation sites is 1. The molecule has 198 valence electrons. The molecule has 6 nitrogen and oxygen atoms in total. The first kappa shape index (κ1) is 25.9. The molecular weight excluding hydrogens is 532 g/mol. The van der Waals surface area contributed by atoms with Gasteiger partial charge in [-0.3, -0.25) is 9.59 Å². The lowest BCUT2D eigenvalue weighted by molar-refractivity contribution is 0.102. The van der Waals surface area contributed by atoms with E-state index in [-0.39, 0.29) is 11.7 Å². The molecule has 2 N–H and O–H groups in total. The fraction of sp³-hybridized carbons (Fsp3) is 0. The number of carbonyl (C=O) groups is 2. The number of amides is 1. The maximum absolute atomic E-state index is 13.1. The Hall–Kier alpha value is -5.33. The monoisotopic (exact) mass is 554 g/mol. The van der Waals surface area contributed by atoms with Crippen LogP contribution in [-0.2, 0) is 0 Å². The molecule has 5 aromatic carbocycles. The Morgan fingerprint density at radius 1 is 0.659 bits per heavy atom. The van der Waals surface area contributed by atoms with Gasteiger partial charge in [0, 0.05) is 38.4 Å². The number of anilines is 3. The van der Waals surface area contributed by atoms with E-state index in [1.807, 2.05) is 60.7 Å². The van der Waals surface area contributed by atoms with Crippen molar-refractivity contribution in [2.45, 2.75) is 0 Å². The molecule has 0 saturated carbocycles. The van der Waals surface area contributed by atoms with Gasteiger partial charge in [-0.05, 0) is 54.6 Å². The molecule has 6 rings (SSSR count). The molecule has 0 bridgehead atoms. The third-order valence-corrected chi connectivity index (χ3v) is 6.80. The minimum absolute atomic E-state index is 0.159. The zero-order chi connectivity index (χ0) is 28.2. The summed E-state index contributed by atoms with van der Waals surface area (Å²) < 4.78 is 0. The maximum Gasteiger partial charge on any atom is 0.255 e. The molecule has 1 aromatic heterocycles. The van der Waals surface area contributed by atoms with Gasteiger partial charge in [-0.25, -0.2) is 9.97 Å². The van der Waals surface area contributed by atoms with Crippen LogP contribution < -0.4 is 10.6 Å². The molecule has 7 heteroatoms. The first-order valence-corrected chi connectivity index (χ1v) is 13.3. The molecule has 0 aliphatic carbocycles. The summed E-state index contributed by atoms with van der Waals surface area (Å²) in [5.41, 5.74) is 5.05. The quantitative estimate of drug-likeness (QED) is 0.194. The van der Waals surface area contributed by atoms with Crippen molar-refractivity contribution < 1.29 is 9.59 Å². The number of rotatable bonds is 7. The highest BCUT2D eigenvalue weighted by Gasteiger charge is 2.16. The van der Waals surface area contributed by atoms with Crippen LogP contribution in [0.3, 0.4) is 0 Å². The maximum atomic E-state index is 13.1. The van der Waals surface area contributed by atoms with Crippen LogP contribution in [0.1, 0.15) is 26.3 Å². The predicted molar refractivity (Wildman–Crippen MR) is 164 cm³/mol. The number of nitrogens with one attached hydrogen (secondary N) is 2. The average Bonchev–Trinajstić information content (AvgIpc) is 3.02. The summed E-state index contributed by atoms with van der Waals surface area (Å²) in [6, 6.07) is 38.3. The number of aromatic nitrogens is 2. The summed E-state index contributed by atoms with van der Waals surface area (Å²) in [4.78, 5) is 35.6. The van der Waals surface area contributed by atoms with Gasteiger partial charge in [0.15, 0.2) is 5.78 Å². The summed E-state index contributed by atoms with van der Waals surface area (Å²) in [6.07, 6.45) is 0. The van der Waals surface area contributed by atoms with E-state index in [0.717, 1.165) is 22.2 Å². The molecule has 0 atom stereocenters. The second-order valence-corrected chi connectivity index (χ2v) is 9.76. The third kappa shape index (κ3) is 5.69. The third-order valence-electron chi connectivity index (χ3n) is 6.56. The van der Waals surface area contributed by atoms with E-state index in [1.54, 1.807) is 66.7 Å². The average molecular weight is 555 g/mol. The van der Waals surface area contributed by atoms with Crippen LogP contribution >= 0.6 is 11.6 Å². The van der Waals surface area contributed by atoms with Crippen LogP contribution in [0, 0.1) is 0 Å². The highest BCUT2D eigenvalue weighted by Crippen LogP contribution is 2.30. The van der Waals surface area contributed by atoms with Gasteiger partial charge in [0.05, 0.1) is 16.9 Å². The topological polar surface area (TPSA) is 84.0 Å². The van der Waals surface area contributed by atoms with Crippen molar-refractivity contribution in [3.8, 4) is 11.3 Å². The Kier molecular flexibility index (Phi) is 7.22. The van der Waals surface area contributed by atoms with Gasteiger partial charge in [0.2, 0.25) is 5.95 Å². The summed E-state index contributed by atoms with van der Waals surface area (Å²) in [5, 5.41) is 7.59. The van der Waals surface area contributed by atoms with E-state index in [0.29, 0.717) is 39.0 Å². The molecule has 41 heavy (non-hydrogen) atoms. The molecule has 6 aromatic rings. The number of ketones is 1. The SMILES string of the molecule is O=C(Nc1ccccc1C(=O)c1ccccc1)c1ccc(Nc2nc(-c3ccccc3)c3cc(Cl)ccc3n2)cc1. The van der Waals surface area contributed by atoms with Crippen molar-refractivity contribution in [3.63, 3.8) is 0 Å². The Morgan fingerprint density at radius 2 is 1.34 bits per heavy atom. The molecule has 0 radical (unpaired) electrons. The molecule has 0 aliphatic rings. The van der Waals surface area contributed by atoms with E-state index in [2.05, 4.69) is 15.6 Å². The molecule has 0 saturated heterocycles. The number of carbonyl (C=O) groups excluding carboxylic acids is 2. The van der Waals surface area contributed by atoms with Gasteiger partial charge in [-0.1, -0.05) is 84.4 Å². The highest BCUT2D eigenvalue weighted by molar-refractivity contribution is 6.31. The Bertz CT molecular complexity index is 1880. The fourth-order valence-electron chi connectivity index (χ4n) is 4.54. The molecule has 0 spiro atoms. The summed E-state index contributed by atoms with van der Waals surface area (Å²) in [6.45, 7) is 0. The first-order valence-electron chi connectivity index (χ1n) is 12.9. The minimum Gasteiger partial charge on any atom is -0.324 e. The van der Waals surface area contributed by atoms with Gasteiger partial charge in [-0.2, -0.15) is 0 Å². The number of fused-ring (bicyclic) bond motifs is 1. The number of nitrogens with zero attached hydrogens (tertiary/aromatic N) is 2. The van der Waals surface area contributed by atoms with Crippen LogP contribution in [0.15, 0.2) is 127 Å². The normalized spacial score (nSPS) is 10.8. The van der Waals surface area contributed by atoms with Crippen molar-refractivity contribution >= 4 is 51.5 Å². The Labute approximate surface area is 241 Å². The first-order chi connectivity index (χ1) is 20.0. The molecule has 1 amide bonds. The zero-order valence-electron chi connectivity index (χ0n) is 21.7. The van der Waals surface area contributed by atoms with Crippen molar-refractivity contribution in [1.82, 2.24) is 9.97 Å². The minimum atomic E-state index is -0.324. The van der Waals surface area contributed by atoms with E-state index < -0.39 is 0 Å². The van der Waals surface area contributed by atoms with Crippen molar-refractivity contribution in [2.24, 2.45) is 0 Å². The van der Waals surface area contributed by atoms with Gasteiger partial charge in [0.25, 0.3) is 5.91 Å². The number of hydrogen-bond donors (Lipinski definition) is 2. The molecule has 1 heterocycles. The second kappa shape index (κ2) is 11.4. The number of hydrogen-bond acceptors (Lipinski definition) is 5. The lowest BCUT2D eigenvalue weighted by Crippen LogP contribution is -2.15. The van der Waals surface area contributed by atoms with Crippen LogP contribution in [0.4, 0.5) is 17.3 Å².